The van der Waals surface area contributed by atoms with Gasteiger partial charge < -0.3 is 14.3 Å². The van der Waals surface area contributed by atoms with E-state index in [1.54, 1.807) is 18.2 Å². The second-order valence-electron chi connectivity index (χ2n) is 6.83. The van der Waals surface area contributed by atoms with E-state index in [9.17, 15) is 14.4 Å². The Morgan fingerprint density at radius 3 is 2.28 bits per heavy atom. The van der Waals surface area contributed by atoms with Crippen molar-refractivity contribution in [1.82, 2.24) is 0 Å². The molecular weight excluding hydrogens is 320 g/mol. The summed E-state index contributed by atoms with van der Waals surface area (Å²) < 4.78 is 10.2. The van der Waals surface area contributed by atoms with Crippen LogP contribution in [0.1, 0.15) is 41.0 Å². The van der Waals surface area contributed by atoms with Gasteiger partial charge in [-0.3, -0.25) is 0 Å². The van der Waals surface area contributed by atoms with Gasteiger partial charge in [0.15, 0.2) is 0 Å². The molecule has 1 fully saturated rings. The van der Waals surface area contributed by atoms with Crippen molar-refractivity contribution in [1.29, 1.82) is 0 Å². The van der Waals surface area contributed by atoms with Crippen LogP contribution in [0.2, 0.25) is 0 Å². The zero-order valence-corrected chi connectivity index (χ0v) is 14.7. The Hall–Kier alpha value is -2.43. The number of methoxy groups -OCH3 is 1. The fourth-order valence-electron chi connectivity index (χ4n) is 4.34. The van der Waals surface area contributed by atoms with Crippen LogP contribution in [0, 0.1) is 23.7 Å². The number of carbonyl (C=O) groups excluding carboxylic acids is 3. The Bertz CT molecular complexity index is 746. The molecule has 0 unspecified atom stereocenters. The van der Waals surface area contributed by atoms with Gasteiger partial charge in [0.1, 0.15) is 6.29 Å². The summed E-state index contributed by atoms with van der Waals surface area (Å²) >= 11 is 0. The molecule has 1 aromatic carbocycles. The van der Waals surface area contributed by atoms with Crippen LogP contribution in [0.5, 0.6) is 0 Å². The largest absolute Gasteiger partial charge is 0.465 e. The number of fused-ring (bicyclic) bond motifs is 2. The lowest BCUT2D eigenvalue weighted by atomic mass is 9.78. The van der Waals surface area contributed by atoms with Crippen molar-refractivity contribution in [3.63, 3.8) is 0 Å². The van der Waals surface area contributed by atoms with Crippen molar-refractivity contribution in [2.75, 3.05) is 13.7 Å². The molecule has 132 valence electrons. The van der Waals surface area contributed by atoms with Crippen LogP contribution in [-0.4, -0.2) is 31.9 Å². The molecule has 0 radical (unpaired) electrons. The van der Waals surface area contributed by atoms with Crippen molar-refractivity contribution < 1.29 is 23.9 Å². The Morgan fingerprint density at radius 1 is 1.08 bits per heavy atom. The van der Waals surface area contributed by atoms with Gasteiger partial charge in [0.2, 0.25) is 0 Å². The maximum Gasteiger partial charge on any atom is 0.339 e. The van der Waals surface area contributed by atoms with Crippen LogP contribution in [0.4, 0.5) is 0 Å². The Morgan fingerprint density at radius 2 is 1.68 bits per heavy atom. The minimum Gasteiger partial charge on any atom is -0.465 e. The highest BCUT2D eigenvalue weighted by Crippen LogP contribution is 2.54. The molecule has 1 saturated carbocycles. The molecule has 0 heterocycles. The lowest BCUT2D eigenvalue weighted by Crippen LogP contribution is -2.29. The van der Waals surface area contributed by atoms with Gasteiger partial charge in [-0.2, -0.15) is 0 Å². The maximum atomic E-state index is 12.5. The molecule has 5 nitrogen and oxygen atoms in total. The van der Waals surface area contributed by atoms with Gasteiger partial charge in [0.05, 0.1) is 24.8 Å². The molecule has 1 aromatic rings. The number of carbonyl (C=O) groups is 3. The number of esters is 2. The van der Waals surface area contributed by atoms with Crippen LogP contribution < -0.4 is 0 Å². The van der Waals surface area contributed by atoms with Gasteiger partial charge in [-0.15, -0.1) is 0 Å². The molecule has 0 aliphatic heterocycles. The SMILES string of the molecule is COC(=O)c1ccccc1C(=O)OC[C@@H]1[C@H](C=O)[C@H]2C[C@@H]1C(C)=C2C. The predicted octanol–water partition coefficient (Wildman–Crippen LogP) is 3.05. The van der Waals surface area contributed by atoms with Crippen molar-refractivity contribution in [3.05, 3.63) is 46.5 Å². The monoisotopic (exact) mass is 342 g/mol. The first-order valence-electron chi connectivity index (χ1n) is 8.46. The Kier molecular flexibility index (Phi) is 4.75. The van der Waals surface area contributed by atoms with Crippen molar-refractivity contribution in [3.8, 4) is 0 Å². The molecule has 4 atom stereocenters. The van der Waals surface area contributed by atoms with Gasteiger partial charge >= 0.3 is 11.9 Å². The number of hydrogen-bond donors (Lipinski definition) is 0. The maximum absolute atomic E-state index is 12.5. The van der Waals surface area contributed by atoms with Crippen molar-refractivity contribution in [2.24, 2.45) is 23.7 Å². The fourth-order valence-corrected chi connectivity index (χ4v) is 4.34. The second-order valence-corrected chi connectivity index (χ2v) is 6.83. The van der Waals surface area contributed by atoms with Gasteiger partial charge in [-0.25, -0.2) is 9.59 Å². The highest BCUT2D eigenvalue weighted by atomic mass is 16.5. The smallest absolute Gasteiger partial charge is 0.339 e. The third-order valence-corrected chi connectivity index (χ3v) is 5.83. The third kappa shape index (κ3) is 2.88. The van der Waals surface area contributed by atoms with E-state index in [2.05, 4.69) is 13.8 Å². The molecule has 25 heavy (non-hydrogen) atoms. The predicted molar refractivity (Wildman–Crippen MR) is 91.1 cm³/mol. The Balaban J connectivity index is 1.74. The average Bonchev–Trinajstić information content (AvgIpc) is 3.14. The minimum absolute atomic E-state index is 0.0143. The van der Waals surface area contributed by atoms with E-state index in [0.717, 1.165) is 12.7 Å². The Labute approximate surface area is 147 Å². The quantitative estimate of drug-likeness (QED) is 0.467. The average molecular weight is 342 g/mol. The molecule has 0 amide bonds. The van der Waals surface area contributed by atoms with Gasteiger partial charge in [0, 0.05) is 11.8 Å². The van der Waals surface area contributed by atoms with E-state index in [4.69, 9.17) is 9.47 Å². The third-order valence-electron chi connectivity index (χ3n) is 5.83. The van der Waals surface area contributed by atoms with Crippen molar-refractivity contribution >= 4 is 18.2 Å². The number of ether oxygens (including phenoxy) is 2. The first kappa shape index (κ1) is 17.4. The highest BCUT2D eigenvalue weighted by Gasteiger charge is 2.50. The molecule has 0 aromatic heterocycles. The summed E-state index contributed by atoms with van der Waals surface area (Å²) in [5.41, 5.74) is 2.99. The van der Waals surface area contributed by atoms with Crippen LogP contribution in [0.15, 0.2) is 35.4 Å². The van der Waals surface area contributed by atoms with E-state index in [1.807, 2.05) is 0 Å². The van der Waals surface area contributed by atoms with E-state index in [0.29, 0.717) is 5.92 Å². The number of allylic oxidation sites excluding steroid dienone is 2. The number of aldehydes is 1. The lowest BCUT2D eigenvalue weighted by molar-refractivity contribution is -0.113. The molecule has 0 N–H and O–H groups in total. The van der Waals surface area contributed by atoms with E-state index in [1.165, 1.54) is 24.3 Å². The zero-order valence-electron chi connectivity index (χ0n) is 14.7. The molecule has 3 rings (SSSR count). The summed E-state index contributed by atoms with van der Waals surface area (Å²) in [5.74, 6) is -0.658. The molecule has 0 saturated heterocycles. The van der Waals surface area contributed by atoms with Crippen molar-refractivity contribution in [2.45, 2.75) is 20.3 Å². The summed E-state index contributed by atoms with van der Waals surface area (Å²) in [7, 11) is 1.27. The van der Waals surface area contributed by atoms with Gasteiger partial charge in [-0.05, 0) is 44.2 Å². The molecule has 0 spiro atoms. The number of benzene rings is 1. The topological polar surface area (TPSA) is 69.7 Å². The molecule has 2 bridgehead atoms. The van der Waals surface area contributed by atoms with Gasteiger partial charge in [0.25, 0.3) is 0 Å². The molecule has 2 aliphatic rings. The van der Waals surface area contributed by atoms with Gasteiger partial charge in [-0.1, -0.05) is 23.3 Å². The summed E-state index contributed by atoms with van der Waals surface area (Å²) in [6.07, 6.45) is 1.96. The van der Waals surface area contributed by atoms with E-state index < -0.39 is 11.9 Å². The molecule has 5 heteroatoms. The minimum atomic E-state index is -0.576. The summed E-state index contributed by atoms with van der Waals surface area (Å²) in [4.78, 5) is 35.8. The number of rotatable bonds is 5. The summed E-state index contributed by atoms with van der Waals surface area (Å²) in [6.45, 7) is 4.37. The summed E-state index contributed by atoms with van der Waals surface area (Å²) in [5, 5.41) is 0. The lowest BCUT2D eigenvalue weighted by Gasteiger charge is -2.28. The van der Waals surface area contributed by atoms with Crippen LogP contribution in [0.3, 0.4) is 0 Å². The summed E-state index contributed by atoms with van der Waals surface area (Å²) in [6, 6.07) is 6.41. The first-order valence-corrected chi connectivity index (χ1v) is 8.46. The van der Waals surface area contributed by atoms with Crippen LogP contribution >= 0.6 is 0 Å². The number of hydrogen-bond acceptors (Lipinski definition) is 5. The first-order chi connectivity index (χ1) is 12.0. The fraction of sp³-hybridized carbons (Fsp3) is 0.450. The normalized spacial score (nSPS) is 27.3. The molecular formula is C20H22O5. The zero-order chi connectivity index (χ0) is 18.1. The van der Waals surface area contributed by atoms with Crippen LogP contribution in [-0.2, 0) is 14.3 Å². The standard InChI is InChI=1S/C20H22O5/c1-11-12(2)16-8-15(11)17(9-21)18(16)10-25-20(23)14-7-5-4-6-13(14)19(22)24-3/h4-7,9,15-18H,8,10H2,1-3H3/t15-,16+,17+,18-/m0/s1. The van der Waals surface area contributed by atoms with E-state index in [-0.39, 0.29) is 35.5 Å². The highest BCUT2D eigenvalue weighted by molar-refractivity contribution is 6.03. The molecule has 2 aliphatic carbocycles. The van der Waals surface area contributed by atoms with Crippen LogP contribution in [0.25, 0.3) is 0 Å². The second kappa shape index (κ2) is 6.82. The van der Waals surface area contributed by atoms with E-state index >= 15 is 0 Å².